The summed E-state index contributed by atoms with van der Waals surface area (Å²) in [5, 5.41) is 18.3. The highest BCUT2D eigenvalue weighted by Gasteiger charge is 2.42. The number of aromatic amines is 1. The Labute approximate surface area is 207 Å². The average Bonchev–Trinajstić information content (AvgIpc) is 3.34. The van der Waals surface area contributed by atoms with Crippen molar-refractivity contribution in [1.82, 2.24) is 15.1 Å². The predicted molar refractivity (Wildman–Crippen MR) is 136 cm³/mol. The van der Waals surface area contributed by atoms with Crippen LogP contribution in [-0.2, 0) is 0 Å². The number of aromatic nitrogens is 2. The number of H-pyrrole nitrogens is 1. The quantitative estimate of drug-likeness (QED) is 0.353. The predicted octanol–water partition coefficient (Wildman–Crippen LogP) is 5.93. The number of carbonyl (C=O) groups excluding carboxylic acids is 1. The molecular weight excluding hydrogens is 442 g/mol. The smallest absolute Gasteiger partial charge is 0.273 e. The van der Waals surface area contributed by atoms with Crippen molar-refractivity contribution in [3.8, 4) is 28.5 Å². The Kier molecular flexibility index (Phi) is 7.34. The number of ether oxygens (including phenoxy) is 2. The van der Waals surface area contributed by atoms with Crippen molar-refractivity contribution in [3.63, 3.8) is 0 Å². The Balaban J connectivity index is 1.85. The third kappa shape index (κ3) is 4.59. The summed E-state index contributed by atoms with van der Waals surface area (Å²) in [5.74, 6) is 1.44. The number of nitrogens with one attached hydrogen (secondary N) is 1. The molecule has 0 saturated heterocycles. The maximum Gasteiger partial charge on any atom is 0.273 e. The first-order valence-corrected chi connectivity index (χ1v) is 12.5. The molecule has 2 aromatic carbocycles. The largest absolute Gasteiger partial charge is 0.507 e. The van der Waals surface area contributed by atoms with Gasteiger partial charge in [-0.05, 0) is 68.5 Å². The third-order valence-electron chi connectivity index (χ3n) is 6.36. The van der Waals surface area contributed by atoms with Crippen LogP contribution in [0.25, 0.3) is 11.3 Å². The van der Waals surface area contributed by atoms with Crippen LogP contribution in [0.3, 0.4) is 0 Å². The molecule has 4 rings (SSSR count). The molecule has 1 atom stereocenters. The van der Waals surface area contributed by atoms with Crippen LogP contribution in [0.2, 0.25) is 0 Å². The molecule has 0 aliphatic carbocycles. The van der Waals surface area contributed by atoms with E-state index in [2.05, 4.69) is 24.0 Å². The maximum atomic E-state index is 13.4. The minimum atomic E-state index is -0.352. The number of amides is 1. The van der Waals surface area contributed by atoms with Crippen molar-refractivity contribution in [2.45, 2.75) is 59.9 Å². The zero-order valence-corrected chi connectivity index (χ0v) is 21.3. The SMILES string of the molecule is CCCCOc1ccc(C2c3c(-c4c(C)cc(C)cc4O)n[nH]c3C(=O)N2CCC)cc1OCC. The molecule has 0 spiro atoms. The van der Waals surface area contributed by atoms with Gasteiger partial charge in [-0.1, -0.05) is 32.4 Å². The molecule has 0 fully saturated rings. The Morgan fingerprint density at radius 2 is 1.86 bits per heavy atom. The Morgan fingerprint density at radius 1 is 1.06 bits per heavy atom. The summed E-state index contributed by atoms with van der Waals surface area (Å²) in [6.07, 6.45) is 2.84. The molecule has 7 heteroatoms. The lowest BCUT2D eigenvalue weighted by atomic mass is 9.93. The molecule has 1 amide bonds. The van der Waals surface area contributed by atoms with Crippen molar-refractivity contribution in [2.75, 3.05) is 19.8 Å². The Morgan fingerprint density at radius 3 is 2.54 bits per heavy atom. The number of rotatable bonds is 10. The van der Waals surface area contributed by atoms with Crippen LogP contribution >= 0.6 is 0 Å². The summed E-state index contributed by atoms with van der Waals surface area (Å²) in [7, 11) is 0. The fourth-order valence-electron chi connectivity index (χ4n) is 4.87. The molecule has 35 heavy (non-hydrogen) atoms. The van der Waals surface area contributed by atoms with E-state index in [0.29, 0.717) is 48.2 Å². The highest BCUT2D eigenvalue weighted by Crippen LogP contribution is 2.46. The average molecular weight is 478 g/mol. The highest BCUT2D eigenvalue weighted by atomic mass is 16.5. The number of phenols is 1. The van der Waals surface area contributed by atoms with Gasteiger partial charge in [-0.2, -0.15) is 5.10 Å². The molecule has 1 aliphatic heterocycles. The lowest BCUT2D eigenvalue weighted by molar-refractivity contribution is 0.0743. The topological polar surface area (TPSA) is 87.7 Å². The van der Waals surface area contributed by atoms with Crippen molar-refractivity contribution < 1.29 is 19.4 Å². The zero-order chi connectivity index (χ0) is 25.1. The number of benzene rings is 2. The fraction of sp³-hybridized carbons (Fsp3) is 0.429. The van der Waals surface area contributed by atoms with Gasteiger partial charge in [-0.3, -0.25) is 9.89 Å². The molecule has 7 nitrogen and oxygen atoms in total. The molecule has 2 heterocycles. The van der Waals surface area contributed by atoms with Gasteiger partial charge in [0, 0.05) is 17.7 Å². The summed E-state index contributed by atoms with van der Waals surface area (Å²) in [6.45, 7) is 11.8. The first-order valence-electron chi connectivity index (χ1n) is 12.5. The highest BCUT2D eigenvalue weighted by molar-refractivity contribution is 6.00. The van der Waals surface area contributed by atoms with E-state index in [0.717, 1.165) is 41.5 Å². The number of phenolic OH excluding ortho intramolecular Hbond substituents is 1. The van der Waals surface area contributed by atoms with Crippen molar-refractivity contribution in [1.29, 1.82) is 0 Å². The van der Waals surface area contributed by atoms with E-state index in [1.807, 2.05) is 49.9 Å². The summed E-state index contributed by atoms with van der Waals surface area (Å²) < 4.78 is 11.9. The van der Waals surface area contributed by atoms with Gasteiger partial charge in [-0.15, -0.1) is 0 Å². The summed E-state index contributed by atoms with van der Waals surface area (Å²) in [4.78, 5) is 15.3. The minimum absolute atomic E-state index is 0.0870. The first kappa shape index (κ1) is 24.6. The molecule has 1 aromatic heterocycles. The second-order valence-corrected chi connectivity index (χ2v) is 9.08. The number of nitrogens with zero attached hydrogens (tertiary/aromatic N) is 2. The second-order valence-electron chi connectivity index (χ2n) is 9.08. The van der Waals surface area contributed by atoms with Crippen LogP contribution < -0.4 is 9.47 Å². The van der Waals surface area contributed by atoms with Gasteiger partial charge < -0.3 is 19.5 Å². The van der Waals surface area contributed by atoms with Gasteiger partial charge in [0.2, 0.25) is 0 Å². The van der Waals surface area contributed by atoms with Gasteiger partial charge in [0.15, 0.2) is 11.5 Å². The van der Waals surface area contributed by atoms with E-state index in [1.54, 1.807) is 6.07 Å². The number of aryl methyl sites for hydroxylation is 2. The van der Waals surface area contributed by atoms with Crippen LogP contribution in [0.4, 0.5) is 0 Å². The molecule has 1 unspecified atom stereocenters. The van der Waals surface area contributed by atoms with Gasteiger partial charge in [0.1, 0.15) is 17.1 Å². The van der Waals surface area contributed by atoms with E-state index >= 15 is 0 Å². The molecule has 1 aliphatic rings. The molecular formula is C28H35N3O4. The van der Waals surface area contributed by atoms with Gasteiger partial charge in [0.25, 0.3) is 5.91 Å². The molecule has 0 bridgehead atoms. The van der Waals surface area contributed by atoms with Gasteiger partial charge >= 0.3 is 0 Å². The normalized spacial score (nSPS) is 14.9. The van der Waals surface area contributed by atoms with E-state index in [-0.39, 0.29) is 17.7 Å². The standard InChI is InChI=1S/C28H35N3O4/c1-6-9-13-35-21-11-10-19(16-22(21)34-8-3)27-24-25(23-18(5)14-17(4)15-20(23)32)29-30-26(24)28(33)31(27)12-7-2/h10-11,14-16,27,32H,6-9,12-13H2,1-5H3,(H,29,30). The van der Waals surface area contributed by atoms with Crippen LogP contribution in [0.5, 0.6) is 17.2 Å². The van der Waals surface area contributed by atoms with Crippen molar-refractivity contribution in [3.05, 3.63) is 58.3 Å². The van der Waals surface area contributed by atoms with E-state index in [9.17, 15) is 9.90 Å². The summed E-state index contributed by atoms with van der Waals surface area (Å²) in [5.41, 5.74) is 5.31. The summed E-state index contributed by atoms with van der Waals surface area (Å²) >= 11 is 0. The molecule has 3 aromatic rings. The fourth-order valence-corrected chi connectivity index (χ4v) is 4.87. The van der Waals surface area contributed by atoms with Crippen LogP contribution in [0.1, 0.15) is 78.8 Å². The first-order chi connectivity index (χ1) is 16.9. The van der Waals surface area contributed by atoms with Crippen molar-refractivity contribution >= 4 is 5.91 Å². The molecule has 0 radical (unpaired) electrons. The Hall–Kier alpha value is -3.48. The van der Waals surface area contributed by atoms with Crippen LogP contribution in [0, 0.1) is 13.8 Å². The monoisotopic (exact) mass is 477 g/mol. The maximum absolute atomic E-state index is 13.4. The number of fused-ring (bicyclic) bond motifs is 1. The van der Waals surface area contributed by atoms with E-state index in [4.69, 9.17) is 9.47 Å². The van der Waals surface area contributed by atoms with Gasteiger partial charge in [-0.25, -0.2) is 0 Å². The number of unbranched alkanes of at least 4 members (excludes halogenated alkanes) is 1. The number of hydrogen-bond donors (Lipinski definition) is 2. The third-order valence-corrected chi connectivity index (χ3v) is 6.36. The van der Waals surface area contributed by atoms with Crippen LogP contribution in [0.15, 0.2) is 30.3 Å². The lowest BCUT2D eigenvalue weighted by Crippen LogP contribution is -2.30. The van der Waals surface area contributed by atoms with Gasteiger partial charge in [0.05, 0.1) is 19.3 Å². The molecule has 0 saturated carbocycles. The summed E-state index contributed by atoms with van der Waals surface area (Å²) in [6, 6.07) is 9.29. The van der Waals surface area contributed by atoms with Crippen LogP contribution in [-0.4, -0.2) is 45.9 Å². The van der Waals surface area contributed by atoms with E-state index < -0.39 is 0 Å². The number of carbonyl (C=O) groups is 1. The molecule has 2 N–H and O–H groups in total. The lowest BCUT2D eigenvalue weighted by Gasteiger charge is -2.27. The number of aromatic hydroxyl groups is 1. The minimum Gasteiger partial charge on any atom is -0.507 e. The van der Waals surface area contributed by atoms with Crippen molar-refractivity contribution in [2.24, 2.45) is 0 Å². The molecule has 186 valence electrons. The number of hydrogen-bond acceptors (Lipinski definition) is 5. The Bertz CT molecular complexity index is 1190. The second kappa shape index (κ2) is 10.4. The zero-order valence-electron chi connectivity index (χ0n) is 21.3. The van der Waals surface area contributed by atoms with E-state index in [1.165, 1.54) is 0 Å².